The summed E-state index contributed by atoms with van der Waals surface area (Å²) >= 11 is 2.90. The zero-order valence-electron chi connectivity index (χ0n) is 9.35. The van der Waals surface area contributed by atoms with Gasteiger partial charge in [0.1, 0.15) is 11.9 Å². The highest BCUT2D eigenvalue weighted by molar-refractivity contribution is 9.10. The smallest absolute Gasteiger partial charge is 0.321 e. The van der Waals surface area contributed by atoms with Gasteiger partial charge in [-0.3, -0.25) is 4.79 Å². The molecular weight excluding hydrogens is 329 g/mol. The lowest BCUT2D eigenvalue weighted by Gasteiger charge is -2.12. The van der Waals surface area contributed by atoms with Gasteiger partial charge in [0.05, 0.1) is 9.37 Å². The molecule has 0 fully saturated rings. The molecule has 0 saturated heterocycles. The van der Waals surface area contributed by atoms with Gasteiger partial charge in [0.25, 0.3) is 0 Å². The van der Waals surface area contributed by atoms with Crippen molar-refractivity contribution in [2.45, 2.75) is 24.3 Å². The molecule has 100 valence electrons. The van der Waals surface area contributed by atoms with E-state index in [-0.39, 0.29) is 15.8 Å². The molecule has 0 aliphatic heterocycles. The van der Waals surface area contributed by atoms with Crippen LogP contribution in [0.4, 0.5) is 4.39 Å². The number of carbonyl (C=O) groups is 1. The molecule has 0 spiro atoms. The molecule has 1 rings (SSSR count). The van der Waals surface area contributed by atoms with Crippen LogP contribution in [0, 0.1) is 5.82 Å². The van der Waals surface area contributed by atoms with Crippen LogP contribution in [0.15, 0.2) is 27.6 Å². The molecule has 0 bridgehead atoms. The van der Waals surface area contributed by atoms with Gasteiger partial charge in [0, 0.05) is 0 Å². The van der Waals surface area contributed by atoms with E-state index in [0.717, 1.165) is 6.07 Å². The second kappa shape index (κ2) is 5.77. The summed E-state index contributed by atoms with van der Waals surface area (Å²) in [4.78, 5) is 10.4. The van der Waals surface area contributed by atoms with Crippen molar-refractivity contribution in [3.05, 3.63) is 28.5 Å². The Morgan fingerprint density at radius 3 is 2.61 bits per heavy atom. The molecule has 18 heavy (non-hydrogen) atoms. The van der Waals surface area contributed by atoms with Gasteiger partial charge in [-0.15, -0.1) is 0 Å². The number of aliphatic carboxylic acids is 1. The summed E-state index contributed by atoms with van der Waals surface area (Å²) in [6.45, 7) is 1.53. The molecule has 0 aromatic heterocycles. The molecule has 8 heteroatoms. The van der Waals surface area contributed by atoms with E-state index in [1.807, 2.05) is 4.72 Å². The average molecular weight is 340 g/mol. The molecule has 0 aliphatic rings. The van der Waals surface area contributed by atoms with Gasteiger partial charge in [0.15, 0.2) is 0 Å². The maximum Gasteiger partial charge on any atom is 0.321 e. The molecular formula is C10H11BrFNO4S. The first-order valence-electron chi connectivity index (χ1n) is 4.98. The van der Waals surface area contributed by atoms with Crippen molar-refractivity contribution in [1.29, 1.82) is 0 Å². The summed E-state index contributed by atoms with van der Waals surface area (Å²) in [5.74, 6) is -2.01. The van der Waals surface area contributed by atoms with Gasteiger partial charge in [-0.25, -0.2) is 12.8 Å². The lowest BCUT2D eigenvalue weighted by atomic mass is 10.2. The molecule has 0 heterocycles. The van der Waals surface area contributed by atoms with Crippen LogP contribution in [-0.2, 0) is 14.8 Å². The van der Waals surface area contributed by atoms with Crippen molar-refractivity contribution in [2.24, 2.45) is 0 Å². The summed E-state index contributed by atoms with van der Waals surface area (Å²) in [5.41, 5.74) is 0. The normalized spacial score (nSPS) is 13.3. The number of rotatable bonds is 5. The van der Waals surface area contributed by atoms with E-state index in [4.69, 9.17) is 5.11 Å². The second-order valence-corrected chi connectivity index (χ2v) is 6.06. The van der Waals surface area contributed by atoms with Crippen molar-refractivity contribution >= 4 is 31.9 Å². The van der Waals surface area contributed by atoms with Gasteiger partial charge in [-0.2, -0.15) is 4.72 Å². The third-order valence-corrected chi connectivity index (χ3v) is 4.32. The molecule has 1 aromatic rings. The van der Waals surface area contributed by atoms with Gasteiger partial charge < -0.3 is 5.11 Å². The Labute approximate surface area is 112 Å². The van der Waals surface area contributed by atoms with Gasteiger partial charge in [-0.05, 0) is 40.5 Å². The van der Waals surface area contributed by atoms with Crippen molar-refractivity contribution < 1.29 is 22.7 Å². The number of sulfonamides is 1. The number of carboxylic acid groups (broad SMARTS) is 1. The fourth-order valence-electron chi connectivity index (χ4n) is 1.21. The second-order valence-electron chi connectivity index (χ2n) is 3.50. The predicted molar refractivity (Wildman–Crippen MR) is 66.1 cm³/mol. The molecule has 5 nitrogen and oxygen atoms in total. The minimum absolute atomic E-state index is 0.0908. The van der Waals surface area contributed by atoms with Crippen LogP contribution in [0.5, 0.6) is 0 Å². The van der Waals surface area contributed by atoms with E-state index in [0.29, 0.717) is 0 Å². The van der Waals surface area contributed by atoms with Crippen LogP contribution in [0.3, 0.4) is 0 Å². The Balaban J connectivity index is 3.06. The summed E-state index contributed by atoms with van der Waals surface area (Å²) in [7, 11) is -4.05. The zero-order valence-corrected chi connectivity index (χ0v) is 11.8. The molecule has 0 amide bonds. The maximum atomic E-state index is 13.2. The van der Waals surface area contributed by atoms with E-state index in [2.05, 4.69) is 15.9 Å². The van der Waals surface area contributed by atoms with Gasteiger partial charge in [0.2, 0.25) is 10.0 Å². The Kier molecular flexibility index (Phi) is 4.83. The summed E-state index contributed by atoms with van der Waals surface area (Å²) in [5, 5.41) is 8.77. The highest BCUT2D eigenvalue weighted by atomic mass is 79.9. The first kappa shape index (κ1) is 15.1. The average Bonchev–Trinajstić information content (AvgIpc) is 2.29. The van der Waals surface area contributed by atoms with E-state index < -0.39 is 27.9 Å². The van der Waals surface area contributed by atoms with Crippen LogP contribution < -0.4 is 4.72 Å². The Hall–Kier alpha value is -0.990. The quantitative estimate of drug-likeness (QED) is 0.855. The van der Waals surface area contributed by atoms with E-state index >= 15 is 0 Å². The predicted octanol–water partition coefficient (Wildman–Crippen LogP) is 1.73. The van der Waals surface area contributed by atoms with Crippen LogP contribution in [0.1, 0.15) is 13.3 Å². The van der Waals surface area contributed by atoms with Crippen molar-refractivity contribution in [3.63, 3.8) is 0 Å². The van der Waals surface area contributed by atoms with Crippen LogP contribution in [0.2, 0.25) is 0 Å². The topological polar surface area (TPSA) is 83.5 Å². The number of halogens is 2. The minimum Gasteiger partial charge on any atom is -0.480 e. The van der Waals surface area contributed by atoms with Crippen LogP contribution in [0.25, 0.3) is 0 Å². The lowest BCUT2D eigenvalue weighted by molar-refractivity contribution is -0.139. The number of nitrogens with one attached hydrogen (secondary N) is 1. The Morgan fingerprint density at radius 2 is 2.17 bits per heavy atom. The van der Waals surface area contributed by atoms with E-state index in [1.165, 1.54) is 19.1 Å². The third kappa shape index (κ3) is 3.50. The Bertz CT molecular complexity index is 561. The molecule has 1 unspecified atom stereocenters. The molecule has 0 saturated carbocycles. The molecule has 2 N–H and O–H groups in total. The molecule has 0 radical (unpaired) electrons. The Morgan fingerprint density at radius 1 is 1.56 bits per heavy atom. The summed E-state index contributed by atoms with van der Waals surface area (Å²) in [6.07, 6.45) is 0.0908. The number of carboxylic acids is 1. The lowest BCUT2D eigenvalue weighted by Crippen LogP contribution is -2.40. The third-order valence-electron chi connectivity index (χ3n) is 2.21. The number of hydrogen-bond donors (Lipinski definition) is 2. The molecule has 0 aliphatic carbocycles. The monoisotopic (exact) mass is 339 g/mol. The SMILES string of the molecule is CCC(NS(=O)(=O)c1ccc(Br)c(F)c1)C(=O)O. The molecule has 1 atom stereocenters. The van der Waals surface area contributed by atoms with Gasteiger partial charge >= 0.3 is 5.97 Å². The summed E-state index contributed by atoms with van der Waals surface area (Å²) < 4.78 is 39.0. The fraction of sp³-hybridized carbons (Fsp3) is 0.300. The standard InChI is InChI=1S/C10H11BrFNO4S/c1-2-9(10(14)15)13-18(16,17)6-3-4-7(11)8(12)5-6/h3-5,9,13H,2H2,1H3,(H,14,15). The zero-order chi connectivity index (χ0) is 13.9. The highest BCUT2D eigenvalue weighted by Crippen LogP contribution is 2.19. The largest absolute Gasteiger partial charge is 0.480 e. The number of benzene rings is 1. The first-order chi connectivity index (χ1) is 8.27. The number of hydrogen-bond acceptors (Lipinski definition) is 3. The van der Waals surface area contributed by atoms with Crippen molar-refractivity contribution in [3.8, 4) is 0 Å². The van der Waals surface area contributed by atoms with Gasteiger partial charge in [-0.1, -0.05) is 6.92 Å². The minimum atomic E-state index is -4.05. The summed E-state index contributed by atoms with van der Waals surface area (Å²) in [6, 6.07) is 2.01. The maximum absolute atomic E-state index is 13.2. The van der Waals surface area contributed by atoms with Crippen molar-refractivity contribution in [2.75, 3.05) is 0 Å². The fourth-order valence-corrected chi connectivity index (χ4v) is 2.74. The van der Waals surface area contributed by atoms with Crippen molar-refractivity contribution in [1.82, 2.24) is 4.72 Å². The molecule has 1 aromatic carbocycles. The van der Waals surface area contributed by atoms with E-state index in [1.54, 1.807) is 0 Å². The highest BCUT2D eigenvalue weighted by Gasteiger charge is 2.24. The van der Waals surface area contributed by atoms with Crippen LogP contribution in [-0.4, -0.2) is 25.5 Å². The van der Waals surface area contributed by atoms with E-state index in [9.17, 15) is 17.6 Å². The van der Waals surface area contributed by atoms with Crippen LogP contribution >= 0.6 is 15.9 Å². The first-order valence-corrected chi connectivity index (χ1v) is 7.25.